The molecule has 1 saturated heterocycles. The smallest absolute Gasteiger partial charge is 0.223 e. The van der Waals surface area contributed by atoms with Gasteiger partial charge >= 0.3 is 0 Å². The lowest BCUT2D eigenvalue weighted by Crippen LogP contribution is -2.45. The zero-order valence-corrected chi connectivity index (χ0v) is 12.2. The Morgan fingerprint density at radius 1 is 1.33 bits per heavy atom. The van der Waals surface area contributed by atoms with E-state index in [0.29, 0.717) is 6.04 Å². The summed E-state index contributed by atoms with van der Waals surface area (Å²) in [5.41, 5.74) is 0. The highest BCUT2D eigenvalue weighted by Crippen LogP contribution is 2.14. The van der Waals surface area contributed by atoms with Crippen molar-refractivity contribution in [3.8, 4) is 0 Å². The molecule has 1 fully saturated rings. The van der Waals surface area contributed by atoms with Crippen molar-refractivity contribution in [2.45, 2.75) is 25.3 Å². The molecule has 6 nitrogen and oxygen atoms in total. The third-order valence-electron chi connectivity index (χ3n) is 3.25. The molecular weight excluding hydrogens is 254 g/mol. The van der Waals surface area contributed by atoms with Crippen LogP contribution in [0.5, 0.6) is 0 Å². The molecule has 1 N–H and O–H groups in total. The van der Waals surface area contributed by atoms with Crippen LogP contribution in [0.3, 0.4) is 0 Å². The highest BCUT2D eigenvalue weighted by molar-refractivity contribution is 7.88. The number of nitrogens with zero attached hydrogens (tertiary/aromatic N) is 2. The molecule has 0 spiro atoms. The lowest BCUT2D eigenvalue weighted by atomic mass is 10.0. The lowest BCUT2D eigenvalue weighted by Gasteiger charge is -2.35. The van der Waals surface area contributed by atoms with E-state index in [9.17, 15) is 13.2 Å². The maximum absolute atomic E-state index is 11.8. The minimum absolute atomic E-state index is 0.0309. The van der Waals surface area contributed by atoms with E-state index < -0.39 is 10.0 Å². The second-order valence-corrected chi connectivity index (χ2v) is 6.83. The maximum atomic E-state index is 11.8. The van der Waals surface area contributed by atoms with Crippen molar-refractivity contribution in [1.82, 2.24) is 14.5 Å². The van der Waals surface area contributed by atoms with Crippen LogP contribution in [0.1, 0.15) is 19.3 Å². The van der Waals surface area contributed by atoms with E-state index in [1.165, 1.54) is 0 Å². The summed E-state index contributed by atoms with van der Waals surface area (Å²) in [5, 5.41) is 0. The molecule has 1 aliphatic rings. The number of carbonyl (C=O) groups is 1. The van der Waals surface area contributed by atoms with Gasteiger partial charge in [0, 0.05) is 32.1 Å². The first-order valence-corrected chi connectivity index (χ1v) is 8.07. The van der Waals surface area contributed by atoms with Crippen LogP contribution in [0, 0.1) is 0 Å². The quantitative estimate of drug-likeness (QED) is 0.734. The minimum atomic E-state index is -3.20. The van der Waals surface area contributed by atoms with E-state index in [1.807, 2.05) is 4.90 Å². The van der Waals surface area contributed by atoms with Crippen molar-refractivity contribution in [2.75, 3.05) is 40.0 Å². The summed E-state index contributed by atoms with van der Waals surface area (Å²) < 4.78 is 24.1. The second kappa shape index (κ2) is 6.49. The number of piperidine rings is 1. The van der Waals surface area contributed by atoms with Crippen LogP contribution < -0.4 is 4.72 Å². The molecule has 0 bridgehead atoms. The largest absolute Gasteiger partial charge is 0.343 e. The molecule has 0 radical (unpaired) electrons. The molecule has 18 heavy (non-hydrogen) atoms. The maximum Gasteiger partial charge on any atom is 0.223 e. The summed E-state index contributed by atoms with van der Waals surface area (Å²) in [6, 6.07) is 0.545. The SMILES string of the molecule is CN(C)C1CCN(C(=O)CCNS(C)(=O)=O)CC1. The van der Waals surface area contributed by atoms with E-state index in [-0.39, 0.29) is 18.9 Å². The van der Waals surface area contributed by atoms with Gasteiger partial charge in [-0.15, -0.1) is 0 Å². The van der Waals surface area contributed by atoms with E-state index in [4.69, 9.17) is 0 Å². The summed E-state index contributed by atoms with van der Waals surface area (Å²) >= 11 is 0. The van der Waals surface area contributed by atoms with Gasteiger partial charge in [0.25, 0.3) is 0 Å². The molecule has 0 unspecified atom stereocenters. The fourth-order valence-corrected chi connectivity index (χ4v) is 2.61. The number of nitrogens with one attached hydrogen (secondary N) is 1. The van der Waals surface area contributed by atoms with Gasteiger partial charge in [-0.2, -0.15) is 0 Å². The van der Waals surface area contributed by atoms with Crippen LogP contribution in [0.2, 0.25) is 0 Å². The molecule has 1 amide bonds. The van der Waals surface area contributed by atoms with Gasteiger partial charge < -0.3 is 9.80 Å². The molecule has 106 valence electrons. The fourth-order valence-electron chi connectivity index (χ4n) is 2.13. The van der Waals surface area contributed by atoms with Crippen LogP contribution in [-0.4, -0.2) is 70.2 Å². The van der Waals surface area contributed by atoms with Gasteiger partial charge in [0.1, 0.15) is 0 Å². The Morgan fingerprint density at radius 2 is 1.89 bits per heavy atom. The Bertz CT molecular complexity index is 373. The first-order valence-electron chi connectivity index (χ1n) is 6.18. The number of rotatable bonds is 5. The van der Waals surface area contributed by atoms with Crippen molar-refractivity contribution in [3.63, 3.8) is 0 Å². The van der Waals surface area contributed by atoms with E-state index in [2.05, 4.69) is 23.7 Å². The average molecular weight is 277 g/mol. The van der Waals surface area contributed by atoms with Gasteiger partial charge in [-0.05, 0) is 26.9 Å². The van der Waals surface area contributed by atoms with Crippen LogP contribution in [-0.2, 0) is 14.8 Å². The first kappa shape index (κ1) is 15.4. The summed E-state index contributed by atoms with van der Waals surface area (Å²) in [6.45, 7) is 1.71. The van der Waals surface area contributed by atoms with Gasteiger partial charge in [0.15, 0.2) is 0 Å². The molecule has 7 heteroatoms. The van der Waals surface area contributed by atoms with Crippen LogP contribution >= 0.6 is 0 Å². The Labute approximate surface area is 109 Å². The van der Waals surface area contributed by atoms with E-state index >= 15 is 0 Å². The topological polar surface area (TPSA) is 69.7 Å². The van der Waals surface area contributed by atoms with Crippen molar-refractivity contribution in [3.05, 3.63) is 0 Å². The number of sulfonamides is 1. The first-order chi connectivity index (χ1) is 8.29. The number of hydrogen-bond acceptors (Lipinski definition) is 4. The van der Waals surface area contributed by atoms with Crippen LogP contribution in [0.25, 0.3) is 0 Å². The monoisotopic (exact) mass is 277 g/mol. The normalized spacial score (nSPS) is 18.3. The molecule has 0 saturated carbocycles. The molecular formula is C11H23N3O3S. The molecule has 0 aliphatic carbocycles. The van der Waals surface area contributed by atoms with E-state index in [1.54, 1.807) is 0 Å². The third-order valence-corrected chi connectivity index (χ3v) is 3.98. The molecule has 0 atom stereocenters. The van der Waals surface area contributed by atoms with Gasteiger partial charge in [0.2, 0.25) is 15.9 Å². The summed E-state index contributed by atoms with van der Waals surface area (Å²) in [6.07, 6.45) is 3.30. The lowest BCUT2D eigenvalue weighted by molar-refractivity contribution is -0.132. The third kappa shape index (κ3) is 5.32. The number of hydrogen-bond donors (Lipinski definition) is 1. The van der Waals surface area contributed by atoms with Crippen molar-refractivity contribution in [1.29, 1.82) is 0 Å². The average Bonchev–Trinajstić information content (AvgIpc) is 2.27. The highest BCUT2D eigenvalue weighted by atomic mass is 32.2. The molecule has 0 aromatic carbocycles. The van der Waals surface area contributed by atoms with Gasteiger partial charge in [-0.3, -0.25) is 4.79 Å². The Hall–Kier alpha value is -0.660. The number of likely N-dealkylation sites (tertiary alicyclic amines) is 1. The van der Waals surface area contributed by atoms with Gasteiger partial charge in [-0.25, -0.2) is 13.1 Å². The second-order valence-electron chi connectivity index (χ2n) is 4.99. The van der Waals surface area contributed by atoms with Crippen molar-refractivity contribution >= 4 is 15.9 Å². The van der Waals surface area contributed by atoms with Crippen LogP contribution in [0.4, 0.5) is 0 Å². The molecule has 0 aromatic rings. The fraction of sp³-hybridized carbons (Fsp3) is 0.909. The number of carbonyl (C=O) groups excluding carboxylic acids is 1. The zero-order valence-electron chi connectivity index (χ0n) is 11.3. The molecule has 0 aromatic heterocycles. The molecule has 1 heterocycles. The highest BCUT2D eigenvalue weighted by Gasteiger charge is 2.23. The van der Waals surface area contributed by atoms with Crippen LogP contribution in [0.15, 0.2) is 0 Å². The Kier molecular flexibility index (Phi) is 5.55. The van der Waals surface area contributed by atoms with Crippen molar-refractivity contribution < 1.29 is 13.2 Å². The van der Waals surface area contributed by atoms with Gasteiger partial charge in [0.05, 0.1) is 6.26 Å². The Morgan fingerprint density at radius 3 is 2.33 bits per heavy atom. The number of amides is 1. The summed E-state index contributed by atoms with van der Waals surface area (Å²) in [4.78, 5) is 15.8. The van der Waals surface area contributed by atoms with Crippen molar-refractivity contribution in [2.24, 2.45) is 0 Å². The van der Waals surface area contributed by atoms with E-state index in [0.717, 1.165) is 32.2 Å². The predicted molar refractivity (Wildman–Crippen MR) is 70.8 cm³/mol. The Balaban J connectivity index is 2.28. The molecule has 1 rings (SSSR count). The standard InChI is InChI=1S/C11H23N3O3S/c1-13(2)10-5-8-14(9-6-10)11(15)4-7-12-18(3,16)17/h10,12H,4-9H2,1-3H3. The van der Waals surface area contributed by atoms with Gasteiger partial charge in [-0.1, -0.05) is 0 Å². The summed E-state index contributed by atoms with van der Waals surface area (Å²) in [5.74, 6) is 0.0309. The zero-order chi connectivity index (χ0) is 13.8. The predicted octanol–water partition coefficient (Wildman–Crippen LogP) is -0.522. The molecule has 1 aliphatic heterocycles. The summed E-state index contributed by atoms with van der Waals surface area (Å²) in [7, 11) is 0.910. The minimum Gasteiger partial charge on any atom is -0.343 e.